The van der Waals surface area contributed by atoms with Crippen molar-refractivity contribution in [2.45, 2.75) is 51.5 Å². The third kappa shape index (κ3) is 2.78. The van der Waals surface area contributed by atoms with Crippen LogP contribution in [0.1, 0.15) is 43.8 Å². The maximum Gasteiger partial charge on any atom is 0.134 e. The number of allylic oxidation sites excluding steroid dienone is 2. The molecule has 1 N–H and O–H groups in total. The van der Waals surface area contributed by atoms with Crippen molar-refractivity contribution in [2.75, 3.05) is 13.1 Å². The Bertz CT molecular complexity index is 519. The summed E-state index contributed by atoms with van der Waals surface area (Å²) in [7, 11) is 0. The van der Waals surface area contributed by atoms with Crippen LogP contribution in [0.3, 0.4) is 0 Å². The van der Waals surface area contributed by atoms with Gasteiger partial charge in [-0.25, -0.2) is 0 Å². The predicted octanol–water partition coefficient (Wildman–Crippen LogP) is 2.35. The highest BCUT2D eigenvalue weighted by atomic mass is 15.3. The van der Waals surface area contributed by atoms with E-state index in [2.05, 4.69) is 32.2 Å². The summed E-state index contributed by atoms with van der Waals surface area (Å²) >= 11 is 0. The smallest absolute Gasteiger partial charge is 0.134 e. The van der Waals surface area contributed by atoms with E-state index in [0.29, 0.717) is 0 Å². The van der Waals surface area contributed by atoms with Crippen molar-refractivity contribution >= 4 is 0 Å². The van der Waals surface area contributed by atoms with Gasteiger partial charge in [0.15, 0.2) is 0 Å². The Labute approximate surface area is 127 Å². The summed E-state index contributed by atoms with van der Waals surface area (Å²) in [6.07, 6.45) is 13.7. The van der Waals surface area contributed by atoms with Gasteiger partial charge in [-0.1, -0.05) is 18.6 Å². The van der Waals surface area contributed by atoms with Crippen LogP contribution in [0.4, 0.5) is 0 Å². The lowest BCUT2D eigenvalue weighted by atomic mass is 9.94. The molecule has 1 fully saturated rings. The molecule has 3 atom stereocenters. The lowest BCUT2D eigenvalue weighted by molar-refractivity contribution is 0.414. The minimum Gasteiger partial charge on any atom is -0.316 e. The van der Waals surface area contributed by atoms with Crippen LogP contribution in [0.5, 0.6) is 0 Å². The van der Waals surface area contributed by atoms with Crippen molar-refractivity contribution in [1.82, 2.24) is 20.1 Å². The van der Waals surface area contributed by atoms with Gasteiger partial charge in [0, 0.05) is 25.9 Å². The van der Waals surface area contributed by atoms with Gasteiger partial charge in [-0.2, -0.15) is 0 Å². The lowest BCUT2D eigenvalue weighted by Crippen LogP contribution is -2.27. The summed E-state index contributed by atoms with van der Waals surface area (Å²) in [4.78, 5) is 0. The van der Waals surface area contributed by atoms with Crippen LogP contribution < -0.4 is 5.32 Å². The van der Waals surface area contributed by atoms with Crippen LogP contribution in [0.15, 0.2) is 12.2 Å². The molecule has 0 aromatic carbocycles. The van der Waals surface area contributed by atoms with E-state index < -0.39 is 0 Å². The number of aryl methyl sites for hydroxylation is 1. The lowest BCUT2D eigenvalue weighted by Gasteiger charge is -2.18. The highest BCUT2D eigenvalue weighted by Gasteiger charge is 2.34. The first-order valence-corrected chi connectivity index (χ1v) is 8.70. The molecular weight excluding hydrogens is 260 g/mol. The second-order valence-corrected chi connectivity index (χ2v) is 6.99. The molecule has 4 heteroatoms. The largest absolute Gasteiger partial charge is 0.316 e. The number of hydrogen-bond donors (Lipinski definition) is 1. The van der Waals surface area contributed by atoms with Crippen LogP contribution in [0, 0.1) is 17.8 Å². The molecule has 21 heavy (non-hydrogen) atoms. The SMILES string of the molecule is C1=C[C@H]2C[C@H]1C[C@H]2CNCCc1nnc2n1CCCCC2. The van der Waals surface area contributed by atoms with Gasteiger partial charge >= 0.3 is 0 Å². The Hall–Kier alpha value is -1.16. The molecule has 4 rings (SSSR count). The fourth-order valence-corrected chi connectivity index (χ4v) is 4.35. The molecular formula is C17H26N4. The number of nitrogens with zero attached hydrogens (tertiary/aromatic N) is 3. The molecule has 0 amide bonds. The second-order valence-electron chi connectivity index (χ2n) is 6.99. The number of aromatic nitrogens is 3. The first-order valence-electron chi connectivity index (χ1n) is 8.70. The maximum absolute atomic E-state index is 4.41. The zero-order valence-electron chi connectivity index (χ0n) is 12.8. The maximum atomic E-state index is 4.41. The standard InChI is InChI=1S/C17H26N4/c1-2-4-16-19-20-17(21(16)9-3-1)7-8-18-12-15-11-13-5-6-14(15)10-13/h5-6,13-15,18H,1-4,7-12H2/t13-,14-,15-/m0/s1. The normalized spacial score (nSPS) is 30.6. The highest BCUT2D eigenvalue weighted by molar-refractivity contribution is 5.10. The van der Waals surface area contributed by atoms with Gasteiger partial charge in [0.05, 0.1) is 0 Å². The summed E-state index contributed by atoms with van der Waals surface area (Å²) in [5, 5.41) is 12.4. The minimum absolute atomic E-state index is 0.854. The average molecular weight is 286 g/mol. The second kappa shape index (κ2) is 5.91. The van der Waals surface area contributed by atoms with Crippen LogP contribution in [-0.4, -0.2) is 27.9 Å². The molecule has 4 nitrogen and oxygen atoms in total. The number of fused-ring (bicyclic) bond motifs is 3. The van der Waals surface area contributed by atoms with Gasteiger partial charge in [-0.15, -0.1) is 10.2 Å². The Kier molecular flexibility index (Phi) is 3.80. The van der Waals surface area contributed by atoms with Crippen LogP contribution >= 0.6 is 0 Å². The fraction of sp³-hybridized carbons (Fsp3) is 0.765. The summed E-state index contributed by atoms with van der Waals surface area (Å²) in [5.41, 5.74) is 0. The summed E-state index contributed by atoms with van der Waals surface area (Å²) < 4.78 is 2.37. The third-order valence-electron chi connectivity index (χ3n) is 5.53. The average Bonchev–Trinajstić information content (AvgIpc) is 3.16. The zero-order valence-corrected chi connectivity index (χ0v) is 12.8. The molecule has 0 saturated heterocycles. The van der Waals surface area contributed by atoms with Gasteiger partial charge in [0.1, 0.15) is 11.6 Å². The molecule has 3 aliphatic rings. The fourth-order valence-electron chi connectivity index (χ4n) is 4.35. The monoisotopic (exact) mass is 286 g/mol. The van der Waals surface area contributed by atoms with Crippen LogP contribution in [0.2, 0.25) is 0 Å². The number of rotatable bonds is 5. The molecule has 0 spiro atoms. The van der Waals surface area contributed by atoms with E-state index in [0.717, 1.165) is 43.7 Å². The first-order chi connectivity index (χ1) is 10.4. The summed E-state index contributed by atoms with van der Waals surface area (Å²) in [6.45, 7) is 3.33. The van der Waals surface area contributed by atoms with E-state index >= 15 is 0 Å². The minimum atomic E-state index is 0.854. The summed E-state index contributed by atoms with van der Waals surface area (Å²) in [6, 6.07) is 0. The zero-order chi connectivity index (χ0) is 14.1. The Morgan fingerprint density at radius 1 is 1.14 bits per heavy atom. The Balaban J connectivity index is 1.26. The molecule has 1 aliphatic heterocycles. The quantitative estimate of drug-likeness (QED) is 0.667. The van der Waals surface area contributed by atoms with Gasteiger partial charge < -0.3 is 9.88 Å². The highest BCUT2D eigenvalue weighted by Crippen LogP contribution is 2.42. The van der Waals surface area contributed by atoms with Crippen molar-refractivity contribution in [2.24, 2.45) is 17.8 Å². The topological polar surface area (TPSA) is 42.7 Å². The van der Waals surface area contributed by atoms with E-state index in [1.807, 2.05) is 0 Å². The van der Waals surface area contributed by atoms with Crippen molar-refractivity contribution in [1.29, 1.82) is 0 Å². The van der Waals surface area contributed by atoms with Crippen molar-refractivity contribution in [3.63, 3.8) is 0 Å². The molecule has 0 unspecified atom stereocenters. The molecule has 1 aromatic rings. The van der Waals surface area contributed by atoms with E-state index in [-0.39, 0.29) is 0 Å². The molecule has 114 valence electrons. The molecule has 2 aliphatic carbocycles. The molecule has 1 saturated carbocycles. The third-order valence-corrected chi connectivity index (χ3v) is 5.53. The van der Waals surface area contributed by atoms with Crippen molar-refractivity contribution in [3.05, 3.63) is 23.8 Å². The Morgan fingerprint density at radius 3 is 3.00 bits per heavy atom. The van der Waals surface area contributed by atoms with Gasteiger partial charge in [-0.05, 0) is 50.0 Å². The molecule has 0 radical (unpaired) electrons. The van der Waals surface area contributed by atoms with Gasteiger partial charge in [0.2, 0.25) is 0 Å². The molecule has 2 bridgehead atoms. The van der Waals surface area contributed by atoms with Gasteiger partial charge in [-0.3, -0.25) is 0 Å². The summed E-state index contributed by atoms with van der Waals surface area (Å²) in [5.74, 6) is 5.00. The first kappa shape index (κ1) is 13.5. The van der Waals surface area contributed by atoms with Crippen LogP contribution in [-0.2, 0) is 19.4 Å². The number of nitrogens with one attached hydrogen (secondary N) is 1. The van der Waals surface area contributed by atoms with Gasteiger partial charge in [0.25, 0.3) is 0 Å². The Morgan fingerprint density at radius 2 is 2.14 bits per heavy atom. The van der Waals surface area contributed by atoms with Crippen molar-refractivity contribution < 1.29 is 0 Å². The van der Waals surface area contributed by atoms with E-state index in [1.165, 1.54) is 50.3 Å². The van der Waals surface area contributed by atoms with Crippen molar-refractivity contribution in [3.8, 4) is 0 Å². The molecule has 1 aromatic heterocycles. The number of hydrogen-bond acceptors (Lipinski definition) is 3. The molecule has 2 heterocycles. The van der Waals surface area contributed by atoms with E-state index in [9.17, 15) is 0 Å². The van der Waals surface area contributed by atoms with Crippen LogP contribution in [0.25, 0.3) is 0 Å². The van der Waals surface area contributed by atoms with E-state index in [4.69, 9.17) is 0 Å². The predicted molar refractivity (Wildman–Crippen MR) is 83.0 cm³/mol. The van der Waals surface area contributed by atoms with E-state index in [1.54, 1.807) is 0 Å².